The van der Waals surface area contributed by atoms with Gasteiger partial charge in [-0.25, -0.2) is 0 Å². The van der Waals surface area contributed by atoms with Crippen LogP contribution < -0.4 is 15.4 Å². The molecule has 100 valence electrons. The quantitative estimate of drug-likeness (QED) is 0.804. The summed E-state index contributed by atoms with van der Waals surface area (Å²) in [5.74, 6) is 1.41. The van der Waals surface area contributed by atoms with Gasteiger partial charge in [-0.1, -0.05) is 26.1 Å². The lowest BCUT2D eigenvalue weighted by molar-refractivity contribution is 0.414. The maximum absolute atomic E-state index is 5.79. The molecule has 0 amide bonds. The first-order valence-electron chi connectivity index (χ1n) is 6.22. The molecule has 0 bridgehead atoms. The summed E-state index contributed by atoms with van der Waals surface area (Å²) in [6.45, 7) is 8.41. The van der Waals surface area contributed by atoms with Crippen molar-refractivity contribution < 1.29 is 4.74 Å². The number of nitrogens with zero attached hydrogens (tertiary/aromatic N) is 1. The molecule has 0 fully saturated rings. The molecule has 1 rings (SSSR count). The highest BCUT2D eigenvalue weighted by molar-refractivity contribution is 7.80. The van der Waals surface area contributed by atoms with Gasteiger partial charge in [-0.3, -0.25) is 0 Å². The molecule has 0 aliphatic heterocycles. The first-order chi connectivity index (χ1) is 8.49. The van der Waals surface area contributed by atoms with Crippen LogP contribution in [0.3, 0.4) is 0 Å². The molecule has 2 N–H and O–H groups in total. The van der Waals surface area contributed by atoms with Gasteiger partial charge in [0.15, 0.2) is 0 Å². The molecule has 3 nitrogen and oxygen atoms in total. The standard InChI is InChI=1S/C14H22N2OS/c1-5-16(9-10(2)3)13-8-11(17-4)6-7-12(13)14(15)18/h6-8,10H,5,9H2,1-4H3,(H2,15,18). The van der Waals surface area contributed by atoms with Crippen molar-refractivity contribution in [2.45, 2.75) is 20.8 Å². The predicted molar refractivity (Wildman–Crippen MR) is 81.6 cm³/mol. The largest absolute Gasteiger partial charge is 0.497 e. The van der Waals surface area contributed by atoms with Crippen LogP contribution in [0.15, 0.2) is 18.2 Å². The first kappa shape index (κ1) is 14.8. The summed E-state index contributed by atoms with van der Waals surface area (Å²) in [5.41, 5.74) is 7.76. The minimum atomic E-state index is 0.426. The maximum Gasteiger partial charge on any atom is 0.120 e. The molecule has 1 aromatic carbocycles. The Morgan fingerprint density at radius 2 is 2.11 bits per heavy atom. The first-order valence-corrected chi connectivity index (χ1v) is 6.63. The number of nitrogens with two attached hydrogens (primary N) is 1. The summed E-state index contributed by atoms with van der Waals surface area (Å²) in [7, 11) is 1.66. The molecule has 0 unspecified atom stereocenters. The van der Waals surface area contributed by atoms with E-state index in [-0.39, 0.29) is 0 Å². The molecular formula is C14H22N2OS. The Labute approximate surface area is 115 Å². The molecule has 0 spiro atoms. The van der Waals surface area contributed by atoms with Crippen LogP contribution in [-0.4, -0.2) is 25.2 Å². The summed E-state index contributed by atoms with van der Waals surface area (Å²) in [6, 6.07) is 5.82. The number of hydrogen-bond acceptors (Lipinski definition) is 3. The van der Waals surface area contributed by atoms with E-state index in [9.17, 15) is 0 Å². The van der Waals surface area contributed by atoms with E-state index >= 15 is 0 Å². The summed E-state index contributed by atoms with van der Waals surface area (Å²) in [6.07, 6.45) is 0. The molecule has 0 atom stereocenters. The fraction of sp³-hybridized carbons (Fsp3) is 0.500. The molecule has 1 aromatic rings. The van der Waals surface area contributed by atoms with E-state index in [4.69, 9.17) is 22.7 Å². The zero-order chi connectivity index (χ0) is 13.7. The normalized spacial score (nSPS) is 10.5. The Hall–Kier alpha value is -1.29. The Morgan fingerprint density at radius 1 is 1.44 bits per heavy atom. The molecule has 0 heterocycles. The second kappa shape index (κ2) is 6.59. The average Bonchev–Trinajstić information content (AvgIpc) is 2.34. The van der Waals surface area contributed by atoms with Gasteiger partial charge in [0.25, 0.3) is 0 Å². The number of anilines is 1. The average molecular weight is 266 g/mol. The van der Waals surface area contributed by atoms with Crippen molar-refractivity contribution in [3.8, 4) is 5.75 Å². The lowest BCUT2D eigenvalue weighted by Crippen LogP contribution is -2.29. The summed E-state index contributed by atoms with van der Waals surface area (Å²) < 4.78 is 5.28. The molecule has 0 radical (unpaired) electrons. The van der Waals surface area contributed by atoms with Gasteiger partial charge < -0.3 is 15.4 Å². The number of ether oxygens (including phenoxy) is 1. The fourth-order valence-corrected chi connectivity index (χ4v) is 2.12. The van der Waals surface area contributed by atoms with Gasteiger partial charge >= 0.3 is 0 Å². The molecule has 4 heteroatoms. The van der Waals surface area contributed by atoms with Gasteiger partial charge in [0.2, 0.25) is 0 Å². The summed E-state index contributed by atoms with van der Waals surface area (Å²) in [4.78, 5) is 2.71. The van der Waals surface area contributed by atoms with Crippen molar-refractivity contribution in [3.05, 3.63) is 23.8 Å². The van der Waals surface area contributed by atoms with Crippen LogP contribution in [0.2, 0.25) is 0 Å². The third-order valence-electron chi connectivity index (χ3n) is 2.78. The third kappa shape index (κ3) is 3.60. The molecule has 0 aliphatic carbocycles. The van der Waals surface area contributed by atoms with Crippen LogP contribution in [0.1, 0.15) is 26.3 Å². The van der Waals surface area contributed by atoms with Crippen LogP contribution in [0, 0.1) is 5.92 Å². The number of benzene rings is 1. The van der Waals surface area contributed by atoms with Gasteiger partial charge in [-0.05, 0) is 25.0 Å². The van der Waals surface area contributed by atoms with Crippen molar-refractivity contribution in [1.82, 2.24) is 0 Å². The van der Waals surface area contributed by atoms with Gasteiger partial charge in [0, 0.05) is 24.7 Å². The highest BCUT2D eigenvalue weighted by atomic mass is 32.1. The minimum Gasteiger partial charge on any atom is -0.497 e. The minimum absolute atomic E-state index is 0.426. The van der Waals surface area contributed by atoms with Crippen LogP contribution in [-0.2, 0) is 0 Å². The zero-order valence-electron chi connectivity index (χ0n) is 11.6. The van der Waals surface area contributed by atoms with Crippen molar-refractivity contribution in [3.63, 3.8) is 0 Å². The fourth-order valence-electron chi connectivity index (χ4n) is 1.95. The lowest BCUT2D eigenvalue weighted by Gasteiger charge is -2.27. The van der Waals surface area contributed by atoms with Crippen molar-refractivity contribution in [2.24, 2.45) is 11.7 Å². The summed E-state index contributed by atoms with van der Waals surface area (Å²) in [5, 5.41) is 0. The Kier molecular flexibility index (Phi) is 5.41. The second-order valence-electron chi connectivity index (χ2n) is 4.68. The SMILES string of the molecule is CCN(CC(C)C)c1cc(OC)ccc1C(N)=S. The maximum atomic E-state index is 5.79. The second-order valence-corrected chi connectivity index (χ2v) is 5.12. The Morgan fingerprint density at radius 3 is 2.56 bits per heavy atom. The van der Waals surface area contributed by atoms with Gasteiger partial charge in [-0.15, -0.1) is 0 Å². The Bertz CT molecular complexity index is 418. The molecule has 0 saturated carbocycles. The van der Waals surface area contributed by atoms with E-state index in [1.807, 2.05) is 18.2 Å². The van der Waals surface area contributed by atoms with Gasteiger partial charge in [0.05, 0.1) is 12.8 Å². The van der Waals surface area contributed by atoms with E-state index in [1.54, 1.807) is 7.11 Å². The van der Waals surface area contributed by atoms with Crippen molar-refractivity contribution in [2.75, 3.05) is 25.1 Å². The van der Waals surface area contributed by atoms with E-state index in [0.29, 0.717) is 10.9 Å². The number of methoxy groups -OCH3 is 1. The molecule has 0 aliphatic rings. The smallest absolute Gasteiger partial charge is 0.120 e. The van der Waals surface area contributed by atoms with Crippen molar-refractivity contribution in [1.29, 1.82) is 0 Å². The monoisotopic (exact) mass is 266 g/mol. The summed E-state index contributed by atoms with van der Waals surface area (Å²) >= 11 is 5.12. The van der Waals surface area contributed by atoms with Crippen LogP contribution in [0.4, 0.5) is 5.69 Å². The number of rotatable bonds is 6. The lowest BCUT2D eigenvalue weighted by atomic mass is 10.1. The van der Waals surface area contributed by atoms with Crippen LogP contribution >= 0.6 is 12.2 Å². The molecule has 0 saturated heterocycles. The third-order valence-corrected chi connectivity index (χ3v) is 3.00. The topological polar surface area (TPSA) is 38.5 Å². The van der Waals surface area contributed by atoms with E-state index in [2.05, 4.69) is 25.7 Å². The van der Waals surface area contributed by atoms with E-state index in [1.165, 1.54) is 0 Å². The zero-order valence-corrected chi connectivity index (χ0v) is 12.4. The Balaban J connectivity index is 3.19. The van der Waals surface area contributed by atoms with E-state index in [0.717, 1.165) is 30.1 Å². The van der Waals surface area contributed by atoms with Crippen LogP contribution in [0.5, 0.6) is 5.75 Å². The molecular weight excluding hydrogens is 244 g/mol. The number of hydrogen-bond donors (Lipinski definition) is 1. The highest BCUT2D eigenvalue weighted by Gasteiger charge is 2.14. The van der Waals surface area contributed by atoms with Crippen molar-refractivity contribution >= 4 is 22.9 Å². The highest BCUT2D eigenvalue weighted by Crippen LogP contribution is 2.26. The predicted octanol–water partition coefficient (Wildman–Crippen LogP) is 2.81. The van der Waals surface area contributed by atoms with Crippen LogP contribution in [0.25, 0.3) is 0 Å². The van der Waals surface area contributed by atoms with E-state index < -0.39 is 0 Å². The van der Waals surface area contributed by atoms with Gasteiger partial charge in [-0.2, -0.15) is 0 Å². The molecule has 18 heavy (non-hydrogen) atoms. The molecule has 0 aromatic heterocycles. The van der Waals surface area contributed by atoms with Gasteiger partial charge in [0.1, 0.15) is 10.7 Å². The number of thiocarbonyl (C=S) groups is 1.